The number of halogens is 1. The summed E-state index contributed by atoms with van der Waals surface area (Å²) in [5, 5.41) is 3.65. The number of nitrogens with zero attached hydrogens (tertiary/aromatic N) is 1. The molecule has 0 atom stereocenters. The van der Waals surface area contributed by atoms with Crippen LogP contribution in [0.5, 0.6) is 0 Å². The smallest absolute Gasteiger partial charge is 0.261 e. The molecule has 0 bridgehead atoms. The molecule has 7 heteroatoms. The largest absolute Gasteiger partial charge is 0.339 e. The second-order valence-electron chi connectivity index (χ2n) is 4.96. The van der Waals surface area contributed by atoms with E-state index in [1.54, 1.807) is 36.4 Å². The van der Waals surface area contributed by atoms with Crippen molar-refractivity contribution < 1.29 is 8.42 Å². The third kappa shape index (κ3) is 3.84. The standard InChI is InChI=1S/C17H14ClN3O2S/c18-15-8-4-5-9-16(15)20-17-11-10-13(12-19-17)21-24(22,23)14-6-2-1-3-7-14/h1-12,21H,(H,19,20). The summed E-state index contributed by atoms with van der Waals surface area (Å²) in [7, 11) is -3.62. The van der Waals surface area contributed by atoms with E-state index in [0.717, 1.165) is 5.69 Å². The second kappa shape index (κ2) is 6.90. The Bertz CT molecular complexity index is 930. The maximum atomic E-state index is 12.3. The fourth-order valence-corrected chi connectivity index (χ4v) is 3.29. The number of hydrogen-bond donors (Lipinski definition) is 2. The van der Waals surface area contributed by atoms with E-state index in [-0.39, 0.29) is 4.90 Å². The van der Waals surface area contributed by atoms with E-state index in [0.29, 0.717) is 16.5 Å². The van der Waals surface area contributed by atoms with Crippen LogP contribution in [0.4, 0.5) is 17.2 Å². The average molecular weight is 360 g/mol. The quantitative estimate of drug-likeness (QED) is 0.713. The van der Waals surface area contributed by atoms with Crippen LogP contribution in [0, 0.1) is 0 Å². The molecule has 0 aliphatic rings. The van der Waals surface area contributed by atoms with Crippen LogP contribution in [0.2, 0.25) is 5.02 Å². The van der Waals surface area contributed by atoms with Gasteiger partial charge < -0.3 is 5.32 Å². The first-order valence-corrected chi connectivity index (χ1v) is 8.96. The number of pyridine rings is 1. The minimum Gasteiger partial charge on any atom is -0.339 e. The van der Waals surface area contributed by atoms with Gasteiger partial charge in [-0.05, 0) is 36.4 Å². The Morgan fingerprint density at radius 1 is 0.875 bits per heavy atom. The Morgan fingerprint density at radius 3 is 2.25 bits per heavy atom. The van der Waals surface area contributed by atoms with Crippen molar-refractivity contribution in [2.24, 2.45) is 0 Å². The molecule has 0 spiro atoms. The summed E-state index contributed by atoms with van der Waals surface area (Å²) in [5.41, 5.74) is 1.10. The number of rotatable bonds is 5. The van der Waals surface area contributed by atoms with E-state index in [1.807, 2.05) is 18.2 Å². The van der Waals surface area contributed by atoms with Crippen LogP contribution in [0.15, 0.2) is 77.8 Å². The molecule has 0 saturated carbocycles. The second-order valence-corrected chi connectivity index (χ2v) is 7.05. The van der Waals surface area contributed by atoms with Gasteiger partial charge in [0.1, 0.15) is 5.82 Å². The van der Waals surface area contributed by atoms with E-state index >= 15 is 0 Å². The molecule has 0 fully saturated rings. The molecule has 2 N–H and O–H groups in total. The highest BCUT2D eigenvalue weighted by atomic mass is 35.5. The van der Waals surface area contributed by atoms with Gasteiger partial charge in [0.2, 0.25) is 0 Å². The predicted octanol–water partition coefficient (Wildman–Crippen LogP) is 4.28. The molecule has 3 rings (SSSR count). The van der Waals surface area contributed by atoms with Crippen molar-refractivity contribution in [3.63, 3.8) is 0 Å². The lowest BCUT2D eigenvalue weighted by Gasteiger charge is -2.10. The third-order valence-electron chi connectivity index (χ3n) is 3.21. The van der Waals surface area contributed by atoms with Crippen molar-refractivity contribution in [2.75, 3.05) is 10.0 Å². The van der Waals surface area contributed by atoms with Crippen molar-refractivity contribution in [2.45, 2.75) is 4.90 Å². The molecular weight excluding hydrogens is 346 g/mol. The number of benzene rings is 2. The van der Waals surface area contributed by atoms with E-state index < -0.39 is 10.0 Å². The first-order chi connectivity index (χ1) is 11.5. The zero-order valence-electron chi connectivity index (χ0n) is 12.5. The van der Waals surface area contributed by atoms with Gasteiger partial charge in [-0.15, -0.1) is 0 Å². The van der Waals surface area contributed by atoms with Crippen LogP contribution in [0.25, 0.3) is 0 Å². The van der Waals surface area contributed by atoms with Crippen molar-refractivity contribution >= 4 is 38.8 Å². The Hall–Kier alpha value is -2.57. The van der Waals surface area contributed by atoms with Gasteiger partial charge in [0.05, 0.1) is 27.5 Å². The maximum Gasteiger partial charge on any atom is 0.261 e. The summed E-state index contributed by atoms with van der Waals surface area (Å²) in [5.74, 6) is 0.561. The number of para-hydroxylation sites is 1. The minimum atomic E-state index is -3.62. The van der Waals surface area contributed by atoms with Crippen molar-refractivity contribution in [1.29, 1.82) is 0 Å². The minimum absolute atomic E-state index is 0.197. The molecule has 24 heavy (non-hydrogen) atoms. The third-order valence-corrected chi connectivity index (χ3v) is 4.93. The summed E-state index contributed by atoms with van der Waals surface area (Å²) in [6.45, 7) is 0. The first-order valence-electron chi connectivity index (χ1n) is 7.10. The van der Waals surface area contributed by atoms with Crippen molar-refractivity contribution in [1.82, 2.24) is 4.98 Å². The molecule has 3 aromatic rings. The number of anilines is 3. The van der Waals surface area contributed by atoms with Crippen LogP contribution >= 0.6 is 11.6 Å². The van der Waals surface area contributed by atoms with Gasteiger partial charge in [-0.1, -0.05) is 41.9 Å². The van der Waals surface area contributed by atoms with Gasteiger partial charge in [-0.2, -0.15) is 0 Å². The summed E-state index contributed by atoms with van der Waals surface area (Å²) in [6, 6.07) is 18.8. The van der Waals surface area contributed by atoms with E-state index in [2.05, 4.69) is 15.0 Å². The number of aromatic nitrogens is 1. The fraction of sp³-hybridized carbons (Fsp3) is 0. The Balaban J connectivity index is 1.74. The molecule has 0 amide bonds. The lowest BCUT2D eigenvalue weighted by molar-refractivity contribution is 0.601. The normalized spacial score (nSPS) is 11.0. The molecule has 0 saturated heterocycles. The van der Waals surface area contributed by atoms with E-state index in [1.165, 1.54) is 18.3 Å². The highest BCUT2D eigenvalue weighted by Crippen LogP contribution is 2.24. The van der Waals surface area contributed by atoms with Crippen LogP contribution in [0.3, 0.4) is 0 Å². The van der Waals surface area contributed by atoms with Gasteiger partial charge in [0.15, 0.2) is 0 Å². The molecule has 1 heterocycles. The predicted molar refractivity (Wildman–Crippen MR) is 96.2 cm³/mol. The van der Waals surface area contributed by atoms with Gasteiger partial charge in [-0.25, -0.2) is 13.4 Å². The Labute approximate surface area is 145 Å². The maximum absolute atomic E-state index is 12.3. The summed E-state index contributed by atoms with van der Waals surface area (Å²) in [6.07, 6.45) is 1.44. The van der Waals surface area contributed by atoms with Crippen LogP contribution in [-0.2, 0) is 10.0 Å². The highest BCUT2D eigenvalue weighted by molar-refractivity contribution is 7.92. The molecule has 0 aliphatic carbocycles. The van der Waals surface area contributed by atoms with Crippen LogP contribution in [0.1, 0.15) is 0 Å². The highest BCUT2D eigenvalue weighted by Gasteiger charge is 2.13. The lowest BCUT2D eigenvalue weighted by Crippen LogP contribution is -2.13. The molecule has 0 aliphatic heterocycles. The van der Waals surface area contributed by atoms with Gasteiger partial charge >= 0.3 is 0 Å². The van der Waals surface area contributed by atoms with Crippen molar-refractivity contribution in [3.05, 3.63) is 77.9 Å². The zero-order valence-corrected chi connectivity index (χ0v) is 14.1. The van der Waals surface area contributed by atoms with E-state index in [9.17, 15) is 8.42 Å². The van der Waals surface area contributed by atoms with Crippen LogP contribution < -0.4 is 10.0 Å². The fourth-order valence-electron chi connectivity index (χ4n) is 2.04. The average Bonchev–Trinajstić information content (AvgIpc) is 2.59. The molecule has 0 unspecified atom stereocenters. The topological polar surface area (TPSA) is 71.1 Å². The molecule has 122 valence electrons. The van der Waals surface area contributed by atoms with E-state index in [4.69, 9.17) is 11.6 Å². The number of hydrogen-bond acceptors (Lipinski definition) is 4. The molecule has 0 radical (unpaired) electrons. The molecule has 5 nitrogen and oxygen atoms in total. The SMILES string of the molecule is O=S(=O)(Nc1ccc(Nc2ccccc2Cl)nc1)c1ccccc1. The monoisotopic (exact) mass is 359 g/mol. The number of sulfonamides is 1. The van der Waals surface area contributed by atoms with Crippen LogP contribution in [-0.4, -0.2) is 13.4 Å². The Kier molecular flexibility index (Phi) is 4.69. The van der Waals surface area contributed by atoms with Gasteiger partial charge in [0, 0.05) is 0 Å². The molecule has 1 aromatic heterocycles. The Morgan fingerprint density at radius 2 is 1.58 bits per heavy atom. The summed E-state index contributed by atoms with van der Waals surface area (Å²) < 4.78 is 27.0. The van der Waals surface area contributed by atoms with Gasteiger partial charge in [0.25, 0.3) is 10.0 Å². The van der Waals surface area contributed by atoms with Crippen molar-refractivity contribution in [3.8, 4) is 0 Å². The summed E-state index contributed by atoms with van der Waals surface area (Å²) >= 11 is 6.08. The molecule has 2 aromatic carbocycles. The lowest BCUT2D eigenvalue weighted by atomic mass is 10.3. The summed E-state index contributed by atoms with van der Waals surface area (Å²) in [4.78, 5) is 4.39. The zero-order chi connectivity index (χ0) is 17.0. The van der Waals surface area contributed by atoms with Gasteiger partial charge in [-0.3, -0.25) is 4.72 Å². The number of nitrogens with one attached hydrogen (secondary N) is 2. The first kappa shape index (κ1) is 16.3. The molecular formula is C17H14ClN3O2S.